The molecule has 0 saturated heterocycles. The molecule has 2 saturated carbocycles. The van der Waals surface area contributed by atoms with Crippen LogP contribution in [0.25, 0.3) is 0 Å². The third kappa shape index (κ3) is 5.84. The zero-order chi connectivity index (χ0) is 21.8. The minimum absolute atomic E-state index is 0.120. The number of amides is 1. The van der Waals surface area contributed by atoms with E-state index in [0.717, 1.165) is 32.1 Å². The Labute approximate surface area is 180 Å². The van der Waals surface area contributed by atoms with Gasteiger partial charge in [0.2, 0.25) is 5.91 Å². The molecule has 3 rings (SSSR count). The number of ether oxygens (including phenoxy) is 2. The molecule has 166 valence electrons. The second kappa shape index (κ2) is 9.51. The normalized spacial score (nSPS) is 23.6. The van der Waals surface area contributed by atoms with Crippen LogP contribution in [-0.2, 0) is 19.1 Å². The Morgan fingerprint density at radius 1 is 1.17 bits per heavy atom. The van der Waals surface area contributed by atoms with Gasteiger partial charge in [-0.25, -0.2) is 0 Å². The summed E-state index contributed by atoms with van der Waals surface area (Å²) in [5, 5.41) is 3.31. The van der Waals surface area contributed by atoms with E-state index in [1.165, 1.54) is 5.56 Å². The minimum Gasteiger partial charge on any atom is -0.460 e. The van der Waals surface area contributed by atoms with Crippen LogP contribution in [0.3, 0.4) is 0 Å². The number of rotatable bonds is 9. The van der Waals surface area contributed by atoms with Crippen molar-refractivity contribution in [3.63, 3.8) is 0 Å². The zero-order valence-corrected chi connectivity index (χ0v) is 18.9. The molecule has 30 heavy (non-hydrogen) atoms. The van der Waals surface area contributed by atoms with Crippen LogP contribution in [0.2, 0.25) is 0 Å². The highest BCUT2D eigenvalue weighted by molar-refractivity contribution is 5.84. The van der Waals surface area contributed by atoms with E-state index in [1.54, 1.807) is 7.11 Å². The molecule has 1 aromatic rings. The summed E-state index contributed by atoms with van der Waals surface area (Å²) in [6, 6.07) is 10.6. The highest BCUT2D eigenvalue weighted by Gasteiger charge is 2.48. The molecule has 1 amide bonds. The first-order valence-corrected chi connectivity index (χ1v) is 11.3. The van der Waals surface area contributed by atoms with Gasteiger partial charge >= 0.3 is 5.97 Å². The van der Waals surface area contributed by atoms with Crippen molar-refractivity contribution < 1.29 is 19.1 Å². The molecule has 5 heteroatoms. The highest BCUT2D eigenvalue weighted by Crippen LogP contribution is 2.47. The Morgan fingerprint density at radius 3 is 2.43 bits per heavy atom. The van der Waals surface area contributed by atoms with Crippen LogP contribution in [0.4, 0.5) is 0 Å². The summed E-state index contributed by atoms with van der Waals surface area (Å²) in [7, 11) is 1.64. The SMILES string of the molecule is COCCC(CC1(C(=O)NC2C[C@H]2c2ccccc2)CCCC1)C(=O)OC(C)(C)C. The number of methoxy groups -OCH3 is 1. The summed E-state index contributed by atoms with van der Waals surface area (Å²) in [6.45, 7) is 6.13. The Bertz CT molecular complexity index is 718. The van der Waals surface area contributed by atoms with Crippen molar-refractivity contribution in [1.29, 1.82) is 0 Å². The number of carbonyl (C=O) groups excluding carboxylic acids is 2. The lowest BCUT2D eigenvalue weighted by atomic mass is 9.76. The van der Waals surface area contributed by atoms with Crippen molar-refractivity contribution in [2.24, 2.45) is 11.3 Å². The van der Waals surface area contributed by atoms with E-state index >= 15 is 0 Å². The molecule has 0 spiro atoms. The van der Waals surface area contributed by atoms with Crippen molar-refractivity contribution in [3.8, 4) is 0 Å². The maximum Gasteiger partial charge on any atom is 0.309 e. The van der Waals surface area contributed by atoms with Crippen LogP contribution in [-0.4, -0.2) is 37.2 Å². The van der Waals surface area contributed by atoms with Crippen LogP contribution in [0.1, 0.15) is 77.2 Å². The van der Waals surface area contributed by atoms with Gasteiger partial charge in [0.05, 0.1) is 11.3 Å². The first-order chi connectivity index (χ1) is 14.2. The second-order valence-corrected chi connectivity index (χ2v) is 10.0. The fraction of sp³-hybridized carbons (Fsp3) is 0.680. The molecule has 0 heterocycles. The molecule has 0 aliphatic heterocycles. The van der Waals surface area contributed by atoms with Crippen molar-refractivity contribution in [2.75, 3.05) is 13.7 Å². The fourth-order valence-electron chi connectivity index (χ4n) is 4.74. The van der Waals surface area contributed by atoms with Gasteiger partial charge < -0.3 is 14.8 Å². The molecule has 2 aliphatic rings. The van der Waals surface area contributed by atoms with E-state index < -0.39 is 11.0 Å². The molecule has 0 bridgehead atoms. The van der Waals surface area contributed by atoms with Crippen LogP contribution in [0.15, 0.2) is 30.3 Å². The van der Waals surface area contributed by atoms with Gasteiger partial charge in [0, 0.05) is 25.7 Å². The lowest BCUT2D eigenvalue weighted by Gasteiger charge is -2.32. The molecule has 2 aliphatic carbocycles. The minimum atomic E-state index is -0.537. The average Bonchev–Trinajstić information content (AvgIpc) is 3.29. The number of benzene rings is 1. The van der Waals surface area contributed by atoms with E-state index in [9.17, 15) is 9.59 Å². The number of carbonyl (C=O) groups is 2. The number of hydrogen-bond acceptors (Lipinski definition) is 4. The Balaban J connectivity index is 1.67. The third-order valence-electron chi connectivity index (χ3n) is 6.42. The van der Waals surface area contributed by atoms with E-state index in [4.69, 9.17) is 9.47 Å². The smallest absolute Gasteiger partial charge is 0.309 e. The van der Waals surface area contributed by atoms with Crippen LogP contribution in [0, 0.1) is 11.3 Å². The Morgan fingerprint density at radius 2 is 1.83 bits per heavy atom. The van der Waals surface area contributed by atoms with Crippen LogP contribution in [0.5, 0.6) is 0 Å². The number of hydrogen-bond donors (Lipinski definition) is 1. The Kier molecular flexibility index (Phi) is 7.22. The van der Waals surface area contributed by atoms with E-state index in [1.807, 2.05) is 39.0 Å². The van der Waals surface area contributed by atoms with Gasteiger partial charge in [-0.2, -0.15) is 0 Å². The molecule has 2 fully saturated rings. The quantitative estimate of drug-likeness (QED) is 0.599. The second-order valence-electron chi connectivity index (χ2n) is 10.0. The maximum absolute atomic E-state index is 13.4. The third-order valence-corrected chi connectivity index (χ3v) is 6.42. The molecule has 2 unspecified atom stereocenters. The molecule has 0 radical (unpaired) electrons. The van der Waals surface area contributed by atoms with Gasteiger partial charge in [-0.15, -0.1) is 0 Å². The predicted molar refractivity (Wildman–Crippen MR) is 117 cm³/mol. The van der Waals surface area contributed by atoms with Gasteiger partial charge in [0.25, 0.3) is 0 Å². The van der Waals surface area contributed by atoms with Crippen molar-refractivity contribution in [2.45, 2.75) is 83.3 Å². The molecule has 5 nitrogen and oxygen atoms in total. The van der Waals surface area contributed by atoms with Crippen molar-refractivity contribution in [3.05, 3.63) is 35.9 Å². The van der Waals surface area contributed by atoms with Gasteiger partial charge in [0.1, 0.15) is 5.60 Å². The van der Waals surface area contributed by atoms with E-state index in [0.29, 0.717) is 25.4 Å². The summed E-state index contributed by atoms with van der Waals surface area (Å²) in [5.41, 5.74) is 0.277. The summed E-state index contributed by atoms with van der Waals surface area (Å²) < 4.78 is 10.9. The number of nitrogens with one attached hydrogen (secondary N) is 1. The molecule has 0 aromatic heterocycles. The van der Waals surface area contributed by atoms with E-state index in [-0.39, 0.29) is 23.8 Å². The summed E-state index contributed by atoms with van der Waals surface area (Å²) >= 11 is 0. The van der Waals surface area contributed by atoms with Crippen molar-refractivity contribution in [1.82, 2.24) is 5.32 Å². The molecule has 1 aromatic carbocycles. The molecular weight excluding hydrogens is 378 g/mol. The standard InChI is InChI=1S/C25H37NO4/c1-24(2,3)30-22(27)19(12-15-29-4)17-25(13-8-9-14-25)23(28)26-21-16-20(21)18-10-6-5-7-11-18/h5-7,10-11,19-21H,8-9,12-17H2,1-4H3,(H,26,28)/t19?,20-,21?/m0/s1. The Hall–Kier alpha value is -1.88. The average molecular weight is 416 g/mol. The van der Waals surface area contributed by atoms with Gasteiger partial charge in [-0.3, -0.25) is 9.59 Å². The first kappa shape index (κ1) is 22.8. The highest BCUT2D eigenvalue weighted by atomic mass is 16.6. The summed E-state index contributed by atoms with van der Waals surface area (Å²) in [6.07, 6.45) is 5.86. The topological polar surface area (TPSA) is 64.6 Å². The van der Waals surface area contributed by atoms with Gasteiger partial charge in [-0.1, -0.05) is 43.2 Å². The van der Waals surface area contributed by atoms with Crippen LogP contribution >= 0.6 is 0 Å². The van der Waals surface area contributed by atoms with Gasteiger partial charge in [-0.05, 0) is 58.4 Å². The maximum atomic E-state index is 13.4. The molecular formula is C25H37NO4. The fourth-order valence-corrected chi connectivity index (χ4v) is 4.74. The molecule has 1 N–H and O–H groups in total. The summed E-state index contributed by atoms with van der Waals surface area (Å²) in [5.74, 6) is -0.0116. The first-order valence-electron chi connectivity index (χ1n) is 11.3. The lowest BCUT2D eigenvalue weighted by Crippen LogP contribution is -2.43. The van der Waals surface area contributed by atoms with Crippen LogP contribution < -0.4 is 5.32 Å². The molecule has 3 atom stereocenters. The predicted octanol–water partition coefficient (Wildman–Crippen LogP) is 4.60. The monoisotopic (exact) mass is 415 g/mol. The summed E-state index contributed by atoms with van der Waals surface area (Å²) in [4.78, 5) is 26.3. The lowest BCUT2D eigenvalue weighted by molar-refractivity contribution is -0.162. The van der Waals surface area contributed by atoms with Crippen molar-refractivity contribution >= 4 is 11.9 Å². The largest absolute Gasteiger partial charge is 0.460 e. The zero-order valence-electron chi connectivity index (χ0n) is 18.9. The van der Waals surface area contributed by atoms with E-state index in [2.05, 4.69) is 17.4 Å². The van der Waals surface area contributed by atoms with Gasteiger partial charge in [0.15, 0.2) is 0 Å². The number of esters is 1.